The lowest BCUT2D eigenvalue weighted by Crippen LogP contribution is -2.00. The van der Waals surface area contributed by atoms with Gasteiger partial charge in [0.1, 0.15) is 5.76 Å². The second-order valence-electron chi connectivity index (χ2n) is 3.65. The number of benzene rings is 1. The quantitative estimate of drug-likeness (QED) is 0.868. The molecular formula is C12H14ClNO. The Morgan fingerprint density at radius 1 is 1.40 bits per heavy atom. The molecule has 2 nitrogen and oxygen atoms in total. The molecule has 2 aromatic rings. The van der Waals surface area contributed by atoms with Crippen LogP contribution in [0.4, 0.5) is 0 Å². The number of para-hydroxylation sites is 1. The largest absolute Gasteiger partial charge is 0.460 e. The van der Waals surface area contributed by atoms with Gasteiger partial charge in [-0.05, 0) is 32.4 Å². The van der Waals surface area contributed by atoms with Gasteiger partial charge in [0.15, 0.2) is 5.58 Å². The van der Waals surface area contributed by atoms with Crippen molar-refractivity contribution in [2.45, 2.75) is 19.8 Å². The minimum absolute atomic E-state index is 0.676. The smallest absolute Gasteiger partial charge is 0.153 e. The number of aryl methyl sites for hydroxylation is 2. The maximum Gasteiger partial charge on any atom is 0.153 e. The minimum atomic E-state index is 0.676. The lowest BCUT2D eigenvalue weighted by atomic mass is 10.1. The van der Waals surface area contributed by atoms with E-state index >= 15 is 0 Å². The Kier molecular flexibility index (Phi) is 2.98. The van der Waals surface area contributed by atoms with E-state index in [9.17, 15) is 0 Å². The van der Waals surface area contributed by atoms with Crippen molar-refractivity contribution in [3.63, 3.8) is 0 Å². The van der Waals surface area contributed by atoms with Crippen LogP contribution in [0.2, 0.25) is 5.02 Å². The third-order valence-corrected chi connectivity index (χ3v) is 2.90. The third-order valence-electron chi connectivity index (χ3n) is 2.60. The highest BCUT2D eigenvalue weighted by Gasteiger charge is 2.11. The van der Waals surface area contributed by atoms with Gasteiger partial charge in [-0.3, -0.25) is 0 Å². The number of nitrogens with two attached hydrogens (primary N) is 1. The van der Waals surface area contributed by atoms with Crippen LogP contribution in [0.3, 0.4) is 0 Å². The monoisotopic (exact) mass is 223 g/mol. The van der Waals surface area contributed by atoms with E-state index in [1.807, 2.05) is 25.1 Å². The third kappa shape index (κ3) is 1.87. The number of fused-ring (bicyclic) bond motifs is 1. The molecule has 0 radical (unpaired) electrons. The van der Waals surface area contributed by atoms with Gasteiger partial charge in [-0.2, -0.15) is 0 Å². The van der Waals surface area contributed by atoms with Crippen LogP contribution in [-0.4, -0.2) is 6.54 Å². The highest BCUT2D eigenvalue weighted by molar-refractivity contribution is 6.34. The molecule has 1 aromatic heterocycles. The van der Waals surface area contributed by atoms with Crippen molar-refractivity contribution in [1.29, 1.82) is 0 Å². The second kappa shape index (κ2) is 4.25. The van der Waals surface area contributed by atoms with Crippen molar-refractivity contribution in [3.8, 4) is 0 Å². The first-order valence-corrected chi connectivity index (χ1v) is 5.48. The fraction of sp³-hybridized carbons (Fsp3) is 0.333. The molecule has 3 heteroatoms. The van der Waals surface area contributed by atoms with Gasteiger partial charge in [-0.25, -0.2) is 0 Å². The first kappa shape index (κ1) is 10.5. The standard InChI is InChI=1S/C12H14ClNO/c1-8-9(5-3-7-14)10-4-2-6-11(13)12(10)15-8/h2,4,6H,3,5,7,14H2,1H3. The van der Waals surface area contributed by atoms with Gasteiger partial charge < -0.3 is 10.2 Å². The van der Waals surface area contributed by atoms with Crippen LogP contribution < -0.4 is 5.73 Å². The second-order valence-corrected chi connectivity index (χ2v) is 4.05. The summed E-state index contributed by atoms with van der Waals surface area (Å²) in [5.41, 5.74) is 7.54. The van der Waals surface area contributed by atoms with E-state index in [0.717, 1.165) is 29.6 Å². The van der Waals surface area contributed by atoms with Crippen molar-refractivity contribution in [1.82, 2.24) is 0 Å². The van der Waals surface area contributed by atoms with Gasteiger partial charge in [0, 0.05) is 10.9 Å². The topological polar surface area (TPSA) is 39.2 Å². The summed E-state index contributed by atoms with van der Waals surface area (Å²) in [6, 6.07) is 5.84. The Hall–Kier alpha value is -0.990. The molecule has 2 rings (SSSR count). The van der Waals surface area contributed by atoms with Crippen molar-refractivity contribution >= 4 is 22.6 Å². The Morgan fingerprint density at radius 3 is 2.93 bits per heavy atom. The van der Waals surface area contributed by atoms with Crippen LogP contribution in [0.25, 0.3) is 11.0 Å². The van der Waals surface area contributed by atoms with Crippen molar-refractivity contribution in [2.75, 3.05) is 6.54 Å². The van der Waals surface area contributed by atoms with Gasteiger partial charge >= 0.3 is 0 Å². The maximum atomic E-state index is 6.06. The molecule has 0 spiro atoms. The summed E-state index contributed by atoms with van der Waals surface area (Å²) in [6.45, 7) is 2.68. The zero-order valence-electron chi connectivity index (χ0n) is 8.72. The SMILES string of the molecule is Cc1oc2c(Cl)cccc2c1CCCN. The fourth-order valence-corrected chi connectivity index (χ4v) is 2.06. The molecule has 0 saturated carbocycles. The van der Waals surface area contributed by atoms with Gasteiger partial charge in [0.05, 0.1) is 5.02 Å². The van der Waals surface area contributed by atoms with Gasteiger partial charge in [0.2, 0.25) is 0 Å². The van der Waals surface area contributed by atoms with E-state index < -0.39 is 0 Å². The first-order chi connectivity index (χ1) is 7.24. The molecule has 0 aliphatic carbocycles. The first-order valence-electron chi connectivity index (χ1n) is 5.10. The van der Waals surface area contributed by atoms with Gasteiger partial charge in [-0.15, -0.1) is 0 Å². The molecule has 0 saturated heterocycles. The van der Waals surface area contributed by atoms with Crippen LogP contribution in [0.1, 0.15) is 17.7 Å². The van der Waals surface area contributed by atoms with E-state index in [1.54, 1.807) is 0 Å². The summed E-state index contributed by atoms with van der Waals surface area (Å²) in [5.74, 6) is 0.951. The zero-order valence-corrected chi connectivity index (χ0v) is 9.47. The van der Waals surface area contributed by atoms with E-state index in [2.05, 4.69) is 0 Å². The summed E-state index contributed by atoms with van der Waals surface area (Å²) in [4.78, 5) is 0. The average molecular weight is 224 g/mol. The van der Waals surface area contributed by atoms with Crippen LogP contribution in [0.5, 0.6) is 0 Å². The molecule has 1 aromatic carbocycles. The van der Waals surface area contributed by atoms with Crippen molar-refractivity contribution in [2.24, 2.45) is 5.73 Å². The molecule has 0 fully saturated rings. The molecule has 1 heterocycles. The molecule has 0 aliphatic rings. The summed E-state index contributed by atoms with van der Waals surface area (Å²) in [7, 11) is 0. The van der Waals surface area contributed by atoms with Gasteiger partial charge in [-0.1, -0.05) is 23.7 Å². The molecule has 15 heavy (non-hydrogen) atoms. The Labute approximate surface area is 94.0 Å². The lowest BCUT2D eigenvalue weighted by molar-refractivity contribution is 0.570. The molecule has 0 unspecified atom stereocenters. The molecule has 80 valence electrons. The molecule has 0 atom stereocenters. The van der Waals surface area contributed by atoms with E-state index in [0.29, 0.717) is 11.6 Å². The Morgan fingerprint density at radius 2 is 2.20 bits per heavy atom. The highest BCUT2D eigenvalue weighted by Crippen LogP contribution is 2.31. The van der Waals surface area contributed by atoms with Crippen LogP contribution >= 0.6 is 11.6 Å². The predicted molar refractivity (Wildman–Crippen MR) is 63.3 cm³/mol. The average Bonchev–Trinajstić information content (AvgIpc) is 2.54. The molecule has 2 N–H and O–H groups in total. The summed E-state index contributed by atoms with van der Waals surface area (Å²) >= 11 is 6.06. The molecular weight excluding hydrogens is 210 g/mol. The van der Waals surface area contributed by atoms with Gasteiger partial charge in [0.25, 0.3) is 0 Å². The number of hydrogen-bond donors (Lipinski definition) is 1. The molecule has 0 amide bonds. The molecule has 0 bridgehead atoms. The number of hydrogen-bond acceptors (Lipinski definition) is 2. The predicted octanol–water partition coefficient (Wildman–Crippen LogP) is 3.29. The maximum absolute atomic E-state index is 6.06. The number of rotatable bonds is 3. The van der Waals surface area contributed by atoms with Crippen LogP contribution in [0.15, 0.2) is 22.6 Å². The van der Waals surface area contributed by atoms with E-state index in [4.69, 9.17) is 21.8 Å². The van der Waals surface area contributed by atoms with Crippen LogP contribution in [-0.2, 0) is 6.42 Å². The highest BCUT2D eigenvalue weighted by atomic mass is 35.5. The molecule has 0 aliphatic heterocycles. The number of halogens is 1. The fourth-order valence-electron chi connectivity index (χ4n) is 1.84. The lowest BCUT2D eigenvalue weighted by Gasteiger charge is -1.97. The summed E-state index contributed by atoms with van der Waals surface area (Å²) in [5, 5.41) is 1.79. The van der Waals surface area contributed by atoms with Crippen molar-refractivity contribution < 1.29 is 4.42 Å². The Bertz CT molecular complexity index is 476. The Balaban J connectivity index is 2.53. The minimum Gasteiger partial charge on any atom is -0.460 e. The van der Waals surface area contributed by atoms with E-state index in [1.165, 1.54) is 5.56 Å². The summed E-state index contributed by atoms with van der Waals surface area (Å²) in [6.07, 6.45) is 1.93. The van der Waals surface area contributed by atoms with Crippen LogP contribution in [0, 0.1) is 6.92 Å². The van der Waals surface area contributed by atoms with Crippen molar-refractivity contribution in [3.05, 3.63) is 34.5 Å². The normalized spacial score (nSPS) is 11.1. The summed E-state index contributed by atoms with van der Waals surface area (Å²) < 4.78 is 5.65. The zero-order chi connectivity index (χ0) is 10.8. The number of furan rings is 1. The van der Waals surface area contributed by atoms with E-state index in [-0.39, 0.29) is 0 Å².